The van der Waals surface area contributed by atoms with Crippen LogP contribution in [0.15, 0.2) is 35.3 Å². The zero-order valence-corrected chi connectivity index (χ0v) is 14.3. The van der Waals surface area contributed by atoms with Crippen LogP contribution in [0, 0.1) is 0 Å². The van der Waals surface area contributed by atoms with Crippen molar-refractivity contribution in [2.24, 2.45) is 0 Å². The van der Waals surface area contributed by atoms with Crippen LogP contribution in [0.4, 0.5) is 0 Å². The van der Waals surface area contributed by atoms with Gasteiger partial charge in [-0.15, -0.1) is 0 Å². The van der Waals surface area contributed by atoms with Gasteiger partial charge in [0.2, 0.25) is 5.78 Å². The van der Waals surface area contributed by atoms with Crippen molar-refractivity contribution in [3.05, 3.63) is 51.7 Å². The molecule has 0 radical (unpaired) electrons. The van der Waals surface area contributed by atoms with Gasteiger partial charge < -0.3 is 4.57 Å². The monoisotopic (exact) mass is 378 g/mol. The molecule has 0 saturated heterocycles. The molecule has 5 nitrogen and oxygen atoms in total. The Kier molecular flexibility index (Phi) is 3.97. The van der Waals surface area contributed by atoms with Gasteiger partial charge in [0.1, 0.15) is 27.4 Å². The van der Waals surface area contributed by atoms with Crippen LogP contribution in [0.5, 0.6) is 0 Å². The van der Waals surface area contributed by atoms with E-state index in [9.17, 15) is 4.79 Å². The van der Waals surface area contributed by atoms with Crippen molar-refractivity contribution in [3.8, 4) is 0 Å². The average Bonchev–Trinajstić information content (AvgIpc) is 2.87. The molecule has 0 aliphatic carbocycles. The van der Waals surface area contributed by atoms with Crippen LogP contribution in [0.3, 0.4) is 0 Å². The molecule has 0 atom stereocenters. The van der Waals surface area contributed by atoms with Gasteiger partial charge in [0, 0.05) is 12.2 Å². The standard InChI is InChI=1S/C15H12BrClN4O/c1-8(2)21-6-9(12-14(17)18-7-19-15(12)21)13(22)10-4-3-5-11(16)20-10/h3-8H,1-2H3. The number of ketones is 1. The number of carbonyl (C=O) groups excluding carboxylic acids is 1. The topological polar surface area (TPSA) is 60.7 Å². The van der Waals surface area contributed by atoms with Crippen LogP contribution in [0.25, 0.3) is 11.0 Å². The maximum Gasteiger partial charge on any atom is 0.213 e. The lowest BCUT2D eigenvalue weighted by molar-refractivity contribution is 0.103. The third-order valence-corrected chi connectivity index (χ3v) is 4.04. The van der Waals surface area contributed by atoms with Crippen LogP contribution in [-0.4, -0.2) is 25.3 Å². The molecule has 0 amide bonds. The first kappa shape index (κ1) is 15.1. The first-order chi connectivity index (χ1) is 10.5. The molecule has 3 aromatic heterocycles. The summed E-state index contributed by atoms with van der Waals surface area (Å²) in [6.45, 7) is 4.03. The van der Waals surface area contributed by atoms with Crippen molar-refractivity contribution < 1.29 is 4.79 Å². The Bertz CT molecular complexity index is 875. The highest BCUT2D eigenvalue weighted by molar-refractivity contribution is 9.10. The molecule has 112 valence electrons. The number of fused-ring (bicyclic) bond motifs is 1. The van der Waals surface area contributed by atoms with Gasteiger partial charge in [0.05, 0.1) is 10.9 Å². The summed E-state index contributed by atoms with van der Waals surface area (Å²) < 4.78 is 2.52. The van der Waals surface area contributed by atoms with Crippen molar-refractivity contribution >= 4 is 44.3 Å². The van der Waals surface area contributed by atoms with E-state index in [4.69, 9.17) is 11.6 Å². The molecule has 7 heteroatoms. The van der Waals surface area contributed by atoms with Crippen molar-refractivity contribution in [2.45, 2.75) is 19.9 Å². The number of rotatable bonds is 3. The summed E-state index contributed by atoms with van der Waals surface area (Å²) in [6, 6.07) is 5.35. The molecule has 3 heterocycles. The fourth-order valence-corrected chi connectivity index (χ4v) is 2.86. The number of aromatic nitrogens is 4. The molecule has 22 heavy (non-hydrogen) atoms. The largest absolute Gasteiger partial charge is 0.329 e. The van der Waals surface area contributed by atoms with Crippen LogP contribution in [-0.2, 0) is 0 Å². The molecule has 3 rings (SSSR count). The van der Waals surface area contributed by atoms with Gasteiger partial charge in [-0.1, -0.05) is 17.7 Å². The highest BCUT2D eigenvalue weighted by atomic mass is 79.9. The van der Waals surface area contributed by atoms with E-state index >= 15 is 0 Å². The van der Waals surface area contributed by atoms with Gasteiger partial charge in [-0.05, 0) is 41.9 Å². The smallest absolute Gasteiger partial charge is 0.213 e. The quantitative estimate of drug-likeness (QED) is 0.391. The van der Waals surface area contributed by atoms with Gasteiger partial charge >= 0.3 is 0 Å². The van der Waals surface area contributed by atoms with Crippen molar-refractivity contribution in [3.63, 3.8) is 0 Å². The van der Waals surface area contributed by atoms with Crippen LogP contribution in [0.2, 0.25) is 5.15 Å². The summed E-state index contributed by atoms with van der Waals surface area (Å²) in [5.74, 6) is -0.206. The SMILES string of the molecule is CC(C)n1cc(C(=O)c2cccc(Br)n2)c2c(Cl)ncnc21. The van der Waals surface area contributed by atoms with Gasteiger partial charge in [0.25, 0.3) is 0 Å². The lowest BCUT2D eigenvalue weighted by Gasteiger charge is -2.07. The third-order valence-electron chi connectivity index (χ3n) is 3.31. The molecule has 0 aliphatic heterocycles. The summed E-state index contributed by atoms with van der Waals surface area (Å²) in [7, 11) is 0. The minimum atomic E-state index is -0.206. The fraction of sp³-hybridized carbons (Fsp3) is 0.200. The molecule has 0 spiro atoms. The second kappa shape index (κ2) is 5.78. The van der Waals surface area contributed by atoms with Crippen LogP contribution in [0.1, 0.15) is 35.9 Å². The van der Waals surface area contributed by atoms with Crippen molar-refractivity contribution in [1.29, 1.82) is 0 Å². The Labute approximate surface area is 140 Å². The number of nitrogens with zero attached hydrogens (tertiary/aromatic N) is 4. The summed E-state index contributed by atoms with van der Waals surface area (Å²) in [5.41, 5.74) is 1.45. The maximum atomic E-state index is 12.8. The second-order valence-electron chi connectivity index (χ2n) is 5.08. The average molecular weight is 380 g/mol. The zero-order valence-electron chi connectivity index (χ0n) is 11.9. The van der Waals surface area contributed by atoms with E-state index in [0.29, 0.717) is 26.9 Å². The summed E-state index contributed by atoms with van der Waals surface area (Å²) in [6.07, 6.45) is 3.16. The van der Waals surface area contributed by atoms with Crippen molar-refractivity contribution in [2.75, 3.05) is 0 Å². The van der Waals surface area contributed by atoms with E-state index in [1.54, 1.807) is 24.4 Å². The molecule has 0 bridgehead atoms. The Morgan fingerprint density at radius 3 is 2.77 bits per heavy atom. The minimum Gasteiger partial charge on any atom is -0.329 e. The molecule has 3 aromatic rings. The van der Waals surface area contributed by atoms with Gasteiger partial charge in [-0.3, -0.25) is 4.79 Å². The second-order valence-corrected chi connectivity index (χ2v) is 6.25. The molecule has 0 fully saturated rings. The number of carbonyl (C=O) groups is 1. The Morgan fingerprint density at radius 2 is 2.09 bits per heavy atom. The Hall–Kier alpha value is -1.79. The van der Waals surface area contributed by atoms with Gasteiger partial charge in [-0.25, -0.2) is 15.0 Å². The third kappa shape index (κ3) is 2.53. The normalized spacial score (nSPS) is 11.3. The molecule has 0 N–H and O–H groups in total. The summed E-state index contributed by atoms with van der Waals surface area (Å²) in [5, 5.41) is 0.826. The summed E-state index contributed by atoms with van der Waals surface area (Å²) >= 11 is 9.47. The molecule has 0 saturated carbocycles. The van der Waals surface area contributed by atoms with E-state index in [1.165, 1.54) is 6.33 Å². The van der Waals surface area contributed by atoms with E-state index in [2.05, 4.69) is 30.9 Å². The lowest BCUT2D eigenvalue weighted by atomic mass is 10.1. The van der Waals surface area contributed by atoms with Gasteiger partial charge in [-0.2, -0.15) is 0 Å². The fourth-order valence-electron chi connectivity index (χ4n) is 2.29. The number of pyridine rings is 1. The Balaban J connectivity index is 2.25. The lowest BCUT2D eigenvalue weighted by Crippen LogP contribution is -2.04. The first-order valence-electron chi connectivity index (χ1n) is 6.67. The Morgan fingerprint density at radius 1 is 1.32 bits per heavy atom. The minimum absolute atomic E-state index is 0.144. The molecular formula is C15H12BrClN4O. The molecule has 0 aliphatic rings. The zero-order chi connectivity index (χ0) is 15.9. The predicted octanol–water partition coefficient (Wildman–Crippen LogP) is 4.05. The van der Waals surface area contributed by atoms with Crippen LogP contribution < -0.4 is 0 Å². The number of hydrogen-bond acceptors (Lipinski definition) is 4. The number of hydrogen-bond donors (Lipinski definition) is 0. The van der Waals surface area contributed by atoms with Crippen LogP contribution >= 0.6 is 27.5 Å². The highest BCUT2D eigenvalue weighted by Gasteiger charge is 2.22. The van der Waals surface area contributed by atoms with Crippen molar-refractivity contribution in [1.82, 2.24) is 19.5 Å². The van der Waals surface area contributed by atoms with Gasteiger partial charge in [0.15, 0.2) is 0 Å². The van der Waals surface area contributed by atoms with E-state index < -0.39 is 0 Å². The van der Waals surface area contributed by atoms with E-state index in [-0.39, 0.29) is 17.0 Å². The highest BCUT2D eigenvalue weighted by Crippen LogP contribution is 2.29. The first-order valence-corrected chi connectivity index (χ1v) is 7.84. The molecular weight excluding hydrogens is 368 g/mol. The maximum absolute atomic E-state index is 12.8. The number of halogens is 2. The predicted molar refractivity (Wildman–Crippen MR) is 88.3 cm³/mol. The van der Waals surface area contributed by atoms with E-state index in [0.717, 1.165) is 0 Å². The molecule has 0 unspecified atom stereocenters. The van der Waals surface area contributed by atoms with E-state index in [1.807, 2.05) is 18.4 Å². The molecule has 0 aromatic carbocycles. The summed E-state index contributed by atoms with van der Waals surface area (Å²) in [4.78, 5) is 25.3.